The first kappa shape index (κ1) is 16.8. The fraction of sp³-hybridized carbons (Fsp3) is 0.188. The molecule has 2 aromatic carbocycles. The molecule has 0 spiro atoms. The molecule has 0 saturated heterocycles. The fourth-order valence-electron chi connectivity index (χ4n) is 2.64. The molecule has 0 bridgehead atoms. The van der Waals surface area contributed by atoms with Gasteiger partial charge in [-0.2, -0.15) is 4.31 Å². The van der Waals surface area contributed by atoms with Crippen molar-refractivity contribution in [3.05, 3.63) is 46.9 Å². The summed E-state index contributed by atoms with van der Waals surface area (Å²) in [4.78, 5) is 14.3. The minimum atomic E-state index is -4.07. The Morgan fingerprint density at radius 1 is 1.08 bits per heavy atom. The van der Waals surface area contributed by atoms with Crippen LogP contribution >= 0.6 is 15.9 Å². The van der Waals surface area contributed by atoms with Crippen LogP contribution in [0.4, 0.5) is 16.2 Å². The summed E-state index contributed by atoms with van der Waals surface area (Å²) in [6.45, 7) is 3.56. The largest absolute Gasteiger partial charge is 0.508 e. The van der Waals surface area contributed by atoms with Gasteiger partial charge in [-0.05, 0) is 50.2 Å². The van der Waals surface area contributed by atoms with Gasteiger partial charge < -0.3 is 5.11 Å². The highest BCUT2D eigenvalue weighted by Gasteiger charge is 2.43. The van der Waals surface area contributed by atoms with Crippen molar-refractivity contribution in [1.82, 2.24) is 0 Å². The lowest BCUT2D eigenvalue weighted by atomic mass is 10.2. The van der Waals surface area contributed by atoms with Crippen LogP contribution in [-0.2, 0) is 10.0 Å². The van der Waals surface area contributed by atoms with Gasteiger partial charge in [0.2, 0.25) is 0 Å². The number of aromatic hydroxyl groups is 1. The molecule has 0 aliphatic carbocycles. The van der Waals surface area contributed by atoms with E-state index in [1.807, 2.05) is 0 Å². The lowest BCUT2D eigenvalue weighted by Gasteiger charge is -2.38. The maximum Gasteiger partial charge on any atom is 0.343 e. The van der Waals surface area contributed by atoms with Crippen molar-refractivity contribution in [3.63, 3.8) is 0 Å². The van der Waals surface area contributed by atoms with Gasteiger partial charge in [0.05, 0.1) is 11.4 Å². The Bertz CT molecular complexity index is 910. The molecule has 0 unspecified atom stereocenters. The highest BCUT2D eigenvalue weighted by molar-refractivity contribution is 9.10. The Morgan fingerprint density at radius 3 is 2.29 bits per heavy atom. The zero-order valence-electron chi connectivity index (χ0n) is 13.0. The second-order valence-electron chi connectivity index (χ2n) is 5.64. The Hall–Kier alpha value is -2.06. The summed E-state index contributed by atoms with van der Waals surface area (Å²) in [5.41, 5.74) is 0.441. The first-order valence-corrected chi connectivity index (χ1v) is 9.44. The van der Waals surface area contributed by atoms with E-state index >= 15 is 0 Å². The monoisotopic (exact) mass is 410 g/mol. The highest BCUT2D eigenvalue weighted by Crippen LogP contribution is 2.40. The number of anilines is 2. The molecule has 0 radical (unpaired) electrons. The van der Waals surface area contributed by atoms with Gasteiger partial charge in [0.25, 0.3) is 10.0 Å². The van der Waals surface area contributed by atoms with Gasteiger partial charge in [-0.15, -0.1) is 0 Å². The zero-order chi connectivity index (χ0) is 17.6. The van der Waals surface area contributed by atoms with Crippen molar-refractivity contribution < 1.29 is 18.3 Å². The number of urea groups is 1. The van der Waals surface area contributed by atoms with E-state index < -0.39 is 16.1 Å². The van der Waals surface area contributed by atoms with E-state index in [0.29, 0.717) is 0 Å². The standard InChI is InChI=1S/C16H15BrN2O4S/c1-10(2)18-14-9-13(20)7-8-15(14)24(22,23)19(16(18)21)12-5-3-11(17)4-6-12/h3-10,20H,1-2H3. The van der Waals surface area contributed by atoms with Gasteiger partial charge in [0.15, 0.2) is 0 Å². The smallest absolute Gasteiger partial charge is 0.343 e. The molecule has 1 aliphatic rings. The van der Waals surface area contributed by atoms with Crippen LogP contribution in [0.25, 0.3) is 0 Å². The normalized spacial score (nSPS) is 16.4. The average Bonchev–Trinajstić information content (AvgIpc) is 2.48. The van der Waals surface area contributed by atoms with Crippen molar-refractivity contribution in [2.45, 2.75) is 24.8 Å². The van der Waals surface area contributed by atoms with Crippen LogP contribution in [0.1, 0.15) is 13.8 Å². The number of phenols is 1. The van der Waals surface area contributed by atoms with E-state index in [4.69, 9.17) is 0 Å². The van der Waals surface area contributed by atoms with Crippen molar-refractivity contribution in [3.8, 4) is 5.75 Å². The minimum absolute atomic E-state index is 0.0171. The maximum absolute atomic E-state index is 13.0. The third kappa shape index (κ3) is 2.55. The van der Waals surface area contributed by atoms with Gasteiger partial charge in [0.1, 0.15) is 10.6 Å². The molecular weight excluding hydrogens is 396 g/mol. The van der Waals surface area contributed by atoms with Gasteiger partial charge in [-0.1, -0.05) is 15.9 Å². The molecule has 1 aliphatic heterocycles. The Morgan fingerprint density at radius 2 is 1.71 bits per heavy atom. The Kier molecular flexibility index (Phi) is 4.05. The lowest BCUT2D eigenvalue weighted by Crippen LogP contribution is -2.53. The summed E-state index contributed by atoms with van der Waals surface area (Å²) in [6, 6.07) is 9.40. The van der Waals surface area contributed by atoms with E-state index in [-0.39, 0.29) is 28.1 Å². The molecular formula is C16H15BrN2O4S. The summed E-state index contributed by atoms with van der Waals surface area (Å²) in [6.07, 6.45) is 0. The highest BCUT2D eigenvalue weighted by atomic mass is 79.9. The number of hydrogen-bond donors (Lipinski definition) is 1. The number of phenolic OH excluding ortho intramolecular Hbond substituents is 1. The molecule has 0 saturated carbocycles. The third-order valence-electron chi connectivity index (χ3n) is 3.68. The Labute approximate surface area is 148 Å². The van der Waals surface area contributed by atoms with Crippen LogP contribution in [0.5, 0.6) is 5.75 Å². The number of rotatable bonds is 2. The summed E-state index contributed by atoms with van der Waals surface area (Å²) < 4.78 is 27.5. The van der Waals surface area contributed by atoms with Gasteiger partial charge >= 0.3 is 6.03 Å². The first-order valence-electron chi connectivity index (χ1n) is 7.20. The van der Waals surface area contributed by atoms with Crippen LogP contribution in [-0.4, -0.2) is 25.6 Å². The summed E-state index contributed by atoms with van der Waals surface area (Å²) in [7, 11) is -4.07. The topological polar surface area (TPSA) is 77.9 Å². The number of carbonyl (C=O) groups is 1. The van der Waals surface area contributed by atoms with Gasteiger partial charge in [-0.3, -0.25) is 4.90 Å². The minimum Gasteiger partial charge on any atom is -0.508 e. The van der Waals surface area contributed by atoms with Crippen LogP contribution in [0, 0.1) is 0 Å². The van der Waals surface area contributed by atoms with Crippen molar-refractivity contribution in [1.29, 1.82) is 0 Å². The summed E-state index contributed by atoms with van der Waals surface area (Å²) in [5, 5.41) is 9.71. The number of amides is 2. The number of halogens is 1. The maximum atomic E-state index is 13.0. The molecule has 3 rings (SSSR count). The molecule has 0 fully saturated rings. The van der Waals surface area contributed by atoms with E-state index in [2.05, 4.69) is 15.9 Å². The molecule has 6 nitrogen and oxygen atoms in total. The van der Waals surface area contributed by atoms with E-state index in [0.717, 1.165) is 8.78 Å². The van der Waals surface area contributed by atoms with E-state index in [9.17, 15) is 18.3 Å². The van der Waals surface area contributed by atoms with Gasteiger partial charge in [0, 0.05) is 16.6 Å². The number of carbonyl (C=O) groups excluding carboxylic acids is 1. The molecule has 1 N–H and O–H groups in total. The second kappa shape index (κ2) is 5.78. The van der Waals surface area contributed by atoms with Crippen molar-refractivity contribution in [2.75, 3.05) is 9.21 Å². The fourth-order valence-corrected chi connectivity index (χ4v) is 4.45. The zero-order valence-corrected chi connectivity index (χ0v) is 15.4. The predicted octanol–water partition coefficient (Wildman–Crippen LogP) is 3.70. The SMILES string of the molecule is CC(C)N1C(=O)N(c2ccc(Br)cc2)S(=O)(=O)c2ccc(O)cc21. The molecule has 2 aromatic rings. The lowest BCUT2D eigenvalue weighted by molar-refractivity contribution is 0.252. The molecule has 24 heavy (non-hydrogen) atoms. The predicted molar refractivity (Wildman–Crippen MR) is 94.9 cm³/mol. The van der Waals surface area contributed by atoms with E-state index in [1.165, 1.54) is 23.1 Å². The van der Waals surface area contributed by atoms with Crippen LogP contribution < -0.4 is 9.21 Å². The molecule has 1 heterocycles. The quantitative estimate of drug-likeness (QED) is 0.818. The van der Waals surface area contributed by atoms with Gasteiger partial charge in [-0.25, -0.2) is 13.2 Å². The first-order chi connectivity index (χ1) is 11.2. The third-order valence-corrected chi connectivity index (χ3v) is 5.96. The molecule has 126 valence electrons. The number of sulfonamides is 1. The van der Waals surface area contributed by atoms with Crippen LogP contribution in [0.15, 0.2) is 51.8 Å². The van der Waals surface area contributed by atoms with E-state index in [1.54, 1.807) is 38.1 Å². The number of nitrogens with zero attached hydrogens (tertiary/aromatic N) is 2. The number of hydrogen-bond acceptors (Lipinski definition) is 4. The molecule has 2 amide bonds. The number of fused-ring (bicyclic) bond motifs is 1. The van der Waals surface area contributed by atoms with Crippen LogP contribution in [0.3, 0.4) is 0 Å². The average molecular weight is 411 g/mol. The summed E-state index contributed by atoms with van der Waals surface area (Å²) in [5.74, 6) is -0.0977. The Balaban J connectivity index is 2.27. The van der Waals surface area contributed by atoms with Crippen molar-refractivity contribution >= 4 is 43.4 Å². The number of benzene rings is 2. The van der Waals surface area contributed by atoms with Crippen LogP contribution in [0.2, 0.25) is 0 Å². The second-order valence-corrected chi connectivity index (χ2v) is 8.31. The van der Waals surface area contributed by atoms with Crippen molar-refractivity contribution in [2.24, 2.45) is 0 Å². The molecule has 0 aromatic heterocycles. The molecule has 8 heteroatoms. The summed E-state index contributed by atoms with van der Waals surface area (Å²) >= 11 is 3.29. The molecule has 0 atom stereocenters.